The molecule has 1 aromatic carbocycles. The third-order valence-electron chi connectivity index (χ3n) is 2.24. The normalized spacial score (nSPS) is 11.3. The van der Waals surface area contributed by atoms with E-state index in [4.69, 9.17) is 5.73 Å². The summed E-state index contributed by atoms with van der Waals surface area (Å²) in [5, 5.41) is 10.6. The number of nitro groups is 1. The monoisotopic (exact) mass is 396 g/mol. The van der Waals surface area contributed by atoms with Crippen LogP contribution >= 0.6 is 27.3 Å². The molecule has 0 aliphatic rings. The summed E-state index contributed by atoms with van der Waals surface area (Å²) >= 11 is 4.07. The third-order valence-corrected chi connectivity index (χ3v) is 5.19. The van der Waals surface area contributed by atoms with Gasteiger partial charge >= 0.3 is 0 Å². The van der Waals surface area contributed by atoms with Crippen LogP contribution in [0.5, 0.6) is 0 Å². The van der Waals surface area contributed by atoms with Crippen LogP contribution < -0.4 is 10.5 Å². The number of sulfonamides is 1. The summed E-state index contributed by atoms with van der Waals surface area (Å²) < 4.78 is 40.6. The van der Waals surface area contributed by atoms with Crippen molar-refractivity contribution in [2.45, 2.75) is 4.90 Å². The number of nitrogens with one attached hydrogen (secondary N) is 1. The molecule has 1 aromatic heterocycles. The van der Waals surface area contributed by atoms with Crippen LogP contribution in [0.4, 0.5) is 20.9 Å². The average molecular weight is 397 g/mol. The quantitative estimate of drug-likeness (QED) is 0.463. The lowest BCUT2D eigenvalue weighted by Gasteiger charge is -2.08. The Bertz CT molecular complexity index is 800. The van der Waals surface area contributed by atoms with Crippen molar-refractivity contribution < 1.29 is 17.7 Å². The Labute approximate surface area is 130 Å². The lowest BCUT2D eigenvalue weighted by molar-refractivity contribution is -0.385. The van der Waals surface area contributed by atoms with E-state index >= 15 is 0 Å². The Morgan fingerprint density at radius 3 is 2.62 bits per heavy atom. The minimum Gasteiger partial charge on any atom is -0.397 e. The molecule has 12 heteroatoms. The van der Waals surface area contributed by atoms with Crippen LogP contribution in [0.3, 0.4) is 0 Å². The highest BCUT2D eigenvalue weighted by atomic mass is 79.9. The van der Waals surface area contributed by atoms with E-state index in [-0.39, 0.29) is 5.13 Å². The fraction of sp³-hybridized carbons (Fsp3) is 0. The van der Waals surface area contributed by atoms with Crippen molar-refractivity contribution in [2.75, 3.05) is 10.5 Å². The summed E-state index contributed by atoms with van der Waals surface area (Å²) in [4.78, 5) is 12.6. The zero-order valence-electron chi connectivity index (χ0n) is 9.91. The molecule has 2 rings (SSSR count). The molecule has 112 valence electrons. The van der Waals surface area contributed by atoms with Crippen LogP contribution in [0.1, 0.15) is 0 Å². The van der Waals surface area contributed by atoms with Crippen molar-refractivity contribution in [1.82, 2.24) is 4.98 Å². The highest BCUT2D eigenvalue weighted by Gasteiger charge is 2.26. The number of halogens is 2. The van der Waals surface area contributed by atoms with Crippen LogP contribution in [0, 0.1) is 15.9 Å². The standard InChI is InChI=1S/C9H6BrFN4O4S2/c10-7-3-13-9(20-7)14-21(18,19)8-5(11)1-4(15(16)17)2-6(8)12/h1-3H,12H2,(H,13,14). The lowest BCUT2D eigenvalue weighted by Crippen LogP contribution is -2.16. The van der Waals surface area contributed by atoms with Crippen molar-refractivity contribution in [3.05, 3.63) is 38.0 Å². The highest BCUT2D eigenvalue weighted by Crippen LogP contribution is 2.30. The summed E-state index contributed by atoms with van der Waals surface area (Å²) in [7, 11) is -4.35. The molecule has 0 saturated carbocycles. The molecule has 8 nitrogen and oxygen atoms in total. The summed E-state index contributed by atoms with van der Waals surface area (Å²) in [6.07, 6.45) is 1.36. The maximum atomic E-state index is 13.8. The maximum absolute atomic E-state index is 13.8. The molecule has 0 unspecified atom stereocenters. The predicted molar refractivity (Wildman–Crippen MR) is 78.1 cm³/mol. The molecule has 0 aliphatic heterocycles. The second kappa shape index (κ2) is 5.54. The van der Waals surface area contributed by atoms with Gasteiger partial charge in [-0.3, -0.25) is 14.8 Å². The molecular weight excluding hydrogens is 391 g/mol. The first kappa shape index (κ1) is 15.6. The van der Waals surface area contributed by atoms with Crippen LogP contribution in [0.2, 0.25) is 0 Å². The van der Waals surface area contributed by atoms with Crippen molar-refractivity contribution in [3.63, 3.8) is 0 Å². The van der Waals surface area contributed by atoms with Crippen molar-refractivity contribution in [2.24, 2.45) is 0 Å². The number of benzene rings is 1. The van der Waals surface area contributed by atoms with Crippen LogP contribution in [-0.4, -0.2) is 18.3 Å². The van der Waals surface area contributed by atoms with E-state index in [0.29, 0.717) is 9.85 Å². The first-order chi connectivity index (χ1) is 9.70. The van der Waals surface area contributed by atoms with Crippen LogP contribution in [-0.2, 0) is 10.0 Å². The number of nitrogens with zero attached hydrogens (tertiary/aromatic N) is 2. The Kier molecular flexibility index (Phi) is 4.11. The van der Waals surface area contributed by atoms with Gasteiger partial charge in [-0.2, -0.15) is 0 Å². The molecule has 0 fully saturated rings. The Morgan fingerprint density at radius 1 is 1.48 bits per heavy atom. The topological polar surface area (TPSA) is 128 Å². The second-order valence-electron chi connectivity index (χ2n) is 3.68. The molecule has 0 atom stereocenters. The van der Waals surface area contributed by atoms with E-state index in [1.165, 1.54) is 6.20 Å². The van der Waals surface area contributed by atoms with Gasteiger partial charge in [0.25, 0.3) is 15.7 Å². The highest BCUT2D eigenvalue weighted by molar-refractivity contribution is 9.11. The zero-order chi connectivity index (χ0) is 15.8. The smallest absolute Gasteiger partial charge is 0.274 e. The van der Waals surface area contributed by atoms with Gasteiger partial charge in [0.2, 0.25) is 0 Å². The van der Waals surface area contributed by atoms with E-state index < -0.39 is 37.0 Å². The first-order valence-corrected chi connectivity index (χ1v) is 8.17. The van der Waals surface area contributed by atoms with Gasteiger partial charge in [0.15, 0.2) is 10.9 Å². The zero-order valence-corrected chi connectivity index (χ0v) is 13.1. The van der Waals surface area contributed by atoms with Gasteiger partial charge in [-0.05, 0) is 15.9 Å². The molecule has 2 aromatic rings. The number of hydrogen-bond donors (Lipinski definition) is 2. The van der Waals surface area contributed by atoms with Crippen LogP contribution in [0.15, 0.2) is 27.0 Å². The third kappa shape index (κ3) is 3.28. The maximum Gasteiger partial charge on any atom is 0.274 e. The summed E-state index contributed by atoms with van der Waals surface area (Å²) in [6.45, 7) is 0. The number of non-ortho nitro benzene ring substituents is 1. The molecule has 0 radical (unpaired) electrons. The van der Waals surface area contributed by atoms with Crippen molar-refractivity contribution >= 4 is 53.8 Å². The molecule has 0 bridgehead atoms. The second-order valence-corrected chi connectivity index (χ2v) is 7.71. The van der Waals surface area contributed by atoms with E-state index in [0.717, 1.165) is 17.4 Å². The number of nitrogens with two attached hydrogens (primary N) is 1. The van der Waals surface area contributed by atoms with Gasteiger partial charge in [-0.15, -0.1) is 0 Å². The molecule has 0 saturated heterocycles. The fourth-order valence-electron chi connectivity index (χ4n) is 1.46. The van der Waals surface area contributed by atoms with Gasteiger partial charge in [0, 0.05) is 6.07 Å². The van der Waals surface area contributed by atoms with Gasteiger partial charge in [0.05, 0.1) is 26.7 Å². The van der Waals surface area contributed by atoms with E-state index in [9.17, 15) is 22.9 Å². The number of nitrogen functional groups attached to an aromatic ring is 1. The molecule has 0 spiro atoms. The minimum atomic E-state index is -4.35. The first-order valence-electron chi connectivity index (χ1n) is 5.08. The Morgan fingerprint density at radius 2 is 2.14 bits per heavy atom. The summed E-state index contributed by atoms with van der Waals surface area (Å²) in [5.41, 5.74) is 4.21. The minimum absolute atomic E-state index is 0.000900. The van der Waals surface area contributed by atoms with E-state index in [2.05, 4.69) is 20.9 Å². The summed E-state index contributed by atoms with van der Waals surface area (Å²) in [5.74, 6) is -1.31. The summed E-state index contributed by atoms with van der Waals surface area (Å²) in [6, 6.07) is 1.26. The SMILES string of the molecule is Nc1cc([N+](=O)[O-])cc(F)c1S(=O)(=O)Nc1ncc(Br)s1. The molecule has 0 aliphatic carbocycles. The average Bonchev–Trinajstić information content (AvgIpc) is 2.72. The van der Waals surface area contributed by atoms with Gasteiger partial charge in [0.1, 0.15) is 4.90 Å². The number of hydrogen-bond acceptors (Lipinski definition) is 7. The Hall–Kier alpha value is -1.79. The molecular formula is C9H6BrFN4O4S2. The number of rotatable bonds is 4. The van der Waals surface area contributed by atoms with E-state index in [1.807, 2.05) is 4.72 Å². The number of nitro benzene ring substituents is 1. The van der Waals surface area contributed by atoms with Crippen molar-refractivity contribution in [3.8, 4) is 0 Å². The van der Waals surface area contributed by atoms with Crippen LogP contribution in [0.25, 0.3) is 0 Å². The number of aromatic nitrogens is 1. The van der Waals surface area contributed by atoms with Gasteiger partial charge in [-0.1, -0.05) is 11.3 Å². The largest absolute Gasteiger partial charge is 0.397 e. The number of thiazole rings is 1. The molecule has 0 amide bonds. The van der Waals surface area contributed by atoms with E-state index in [1.54, 1.807) is 0 Å². The van der Waals surface area contributed by atoms with Crippen molar-refractivity contribution in [1.29, 1.82) is 0 Å². The number of anilines is 2. The molecule has 21 heavy (non-hydrogen) atoms. The predicted octanol–water partition coefficient (Wildman–Crippen LogP) is 2.34. The lowest BCUT2D eigenvalue weighted by atomic mass is 10.3. The van der Waals surface area contributed by atoms with Gasteiger partial charge in [-0.25, -0.2) is 17.8 Å². The van der Waals surface area contributed by atoms with Gasteiger partial charge < -0.3 is 5.73 Å². The molecule has 3 N–H and O–H groups in total. The molecule has 1 heterocycles. The fourth-order valence-corrected chi connectivity index (χ4v) is 3.98. The Balaban J connectivity index is 2.47.